The van der Waals surface area contributed by atoms with Crippen molar-refractivity contribution in [2.75, 3.05) is 0 Å². The normalized spacial score (nSPS) is 12.1. The predicted molar refractivity (Wildman–Crippen MR) is 70.4 cm³/mol. The van der Waals surface area contributed by atoms with Gasteiger partial charge in [0.05, 0.1) is 0 Å². The molecule has 0 bridgehead atoms. The number of carbonyl (C=O) groups excluding carboxylic acids is 1. The number of ketones is 1. The van der Waals surface area contributed by atoms with Gasteiger partial charge in [-0.15, -0.1) is 0 Å². The number of rotatable bonds is 3. The van der Waals surface area contributed by atoms with Crippen LogP contribution in [0.4, 0.5) is 0 Å². The van der Waals surface area contributed by atoms with Crippen LogP contribution in [0.3, 0.4) is 0 Å². The van der Waals surface area contributed by atoms with Crippen LogP contribution >= 0.6 is 0 Å². The number of hydrogen-bond acceptors (Lipinski definition) is 1. The van der Waals surface area contributed by atoms with Gasteiger partial charge in [-0.1, -0.05) is 61.5 Å². The van der Waals surface area contributed by atoms with Crippen molar-refractivity contribution in [2.24, 2.45) is 0 Å². The molecule has 0 saturated heterocycles. The number of benzene rings is 2. The molecule has 0 aromatic heterocycles. The fourth-order valence-electron chi connectivity index (χ4n) is 1.94. The van der Waals surface area contributed by atoms with Crippen LogP contribution in [-0.2, 0) is 0 Å². The van der Waals surface area contributed by atoms with Crippen LogP contribution in [0.15, 0.2) is 54.6 Å². The highest BCUT2D eigenvalue weighted by Crippen LogP contribution is 2.23. The fraction of sp³-hybridized carbons (Fsp3) is 0.188. The van der Waals surface area contributed by atoms with Gasteiger partial charge >= 0.3 is 0 Å². The molecule has 1 nitrogen and oxygen atoms in total. The molecular weight excluding hydrogens is 208 g/mol. The fourth-order valence-corrected chi connectivity index (χ4v) is 1.94. The molecule has 1 heteroatoms. The summed E-state index contributed by atoms with van der Waals surface area (Å²) < 4.78 is 0. The monoisotopic (exact) mass is 224 g/mol. The Kier molecular flexibility index (Phi) is 3.38. The van der Waals surface area contributed by atoms with E-state index < -0.39 is 0 Å². The van der Waals surface area contributed by atoms with Gasteiger partial charge in [-0.2, -0.15) is 0 Å². The van der Waals surface area contributed by atoms with Gasteiger partial charge < -0.3 is 0 Å². The minimum absolute atomic E-state index is 0.115. The number of hydrogen-bond donors (Lipinski definition) is 0. The Balaban J connectivity index is 2.26. The van der Waals surface area contributed by atoms with Crippen molar-refractivity contribution >= 4 is 5.78 Å². The highest BCUT2D eigenvalue weighted by Gasteiger charge is 2.08. The van der Waals surface area contributed by atoms with Crippen LogP contribution < -0.4 is 0 Å². The molecule has 0 aliphatic heterocycles. The Bertz CT molecular complexity index is 497. The first kappa shape index (κ1) is 11.6. The van der Waals surface area contributed by atoms with Crippen molar-refractivity contribution in [1.82, 2.24) is 0 Å². The summed E-state index contributed by atoms with van der Waals surface area (Å²) in [5.41, 5.74) is 3.30. The van der Waals surface area contributed by atoms with Gasteiger partial charge in [-0.25, -0.2) is 0 Å². The molecule has 0 unspecified atom stereocenters. The van der Waals surface area contributed by atoms with Crippen molar-refractivity contribution in [3.8, 4) is 0 Å². The second-order valence-corrected chi connectivity index (χ2v) is 4.31. The maximum absolute atomic E-state index is 11.2. The van der Waals surface area contributed by atoms with Crippen molar-refractivity contribution < 1.29 is 4.79 Å². The molecule has 0 saturated carbocycles. The van der Waals surface area contributed by atoms with Crippen LogP contribution in [0.25, 0.3) is 0 Å². The Morgan fingerprint density at radius 3 is 1.94 bits per heavy atom. The predicted octanol–water partition coefficient (Wildman–Crippen LogP) is 4.04. The molecule has 0 radical (unpaired) electrons. The zero-order valence-electron chi connectivity index (χ0n) is 10.2. The summed E-state index contributed by atoms with van der Waals surface area (Å²) >= 11 is 0. The molecule has 2 rings (SSSR count). The summed E-state index contributed by atoms with van der Waals surface area (Å²) in [7, 11) is 0. The quantitative estimate of drug-likeness (QED) is 0.719. The molecule has 0 amide bonds. The van der Waals surface area contributed by atoms with E-state index in [1.54, 1.807) is 6.92 Å². The average Bonchev–Trinajstić information content (AvgIpc) is 2.39. The molecule has 2 aromatic rings. The average molecular weight is 224 g/mol. The third-order valence-electron chi connectivity index (χ3n) is 3.12. The summed E-state index contributed by atoms with van der Waals surface area (Å²) in [6.45, 7) is 3.77. The molecule has 17 heavy (non-hydrogen) atoms. The van der Waals surface area contributed by atoms with Gasteiger partial charge in [-0.3, -0.25) is 4.79 Å². The molecule has 0 N–H and O–H groups in total. The van der Waals surface area contributed by atoms with E-state index in [0.29, 0.717) is 5.92 Å². The van der Waals surface area contributed by atoms with E-state index in [1.807, 2.05) is 30.3 Å². The zero-order chi connectivity index (χ0) is 12.3. The minimum atomic E-state index is 0.115. The first-order chi connectivity index (χ1) is 8.18. The number of Topliss-reactive ketones (excluding diaryl/α,β-unsaturated/α-hetero) is 1. The molecule has 2 aromatic carbocycles. The minimum Gasteiger partial charge on any atom is -0.295 e. The van der Waals surface area contributed by atoms with Crippen LogP contribution in [0.5, 0.6) is 0 Å². The van der Waals surface area contributed by atoms with Crippen LogP contribution in [0.1, 0.15) is 41.3 Å². The Labute approximate surface area is 102 Å². The second kappa shape index (κ2) is 4.96. The van der Waals surface area contributed by atoms with Crippen LogP contribution in [0, 0.1) is 0 Å². The topological polar surface area (TPSA) is 17.1 Å². The first-order valence-electron chi connectivity index (χ1n) is 5.84. The Morgan fingerprint density at radius 1 is 0.882 bits per heavy atom. The summed E-state index contributed by atoms with van der Waals surface area (Å²) in [6.07, 6.45) is 0. The van der Waals surface area contributed by atoms with E-state index in [2.05, 4.69) is 31.2 Å². The van der Waals surface area contributed by atoms with Gasteiger partial charge in [0, 0.05) is 11.5 Å². The van der Waals surface area contributed by atoms with E-state index in [-0.39, 0.29) is 5.78 Å². The Morgan fingerprint density at radius 2 is 1.41 bits per heavy atom. The maximum Gasteiger partial charge on any atom is 0.159 e. The standard InChI is InChI=1S/C16H16O/c1-12(14-6-4-3-5-7-14)15-8-10-16(11-9-15)13(2)17/h3-12H,1-2H3/t12-/m0/s1. The molecule has 1 atom stereocenters. The van der Waals surface area contributed by atoms with Crippen molar-refractivity contribution in [3.63, 3.8) is 0 Å². The van der Waals surface area contributed by atoms with Crippen LogP contribution in [-0.4, -0.2) is 5.78 Å². The van der Waals surface area contributed by atoms with E-state index in [4.69, 9.17) is 0 Å². The van der Waals surface area contributed by atoms with E-state index in [0.717, 1.165) is 5.56 Å². The first-order valence-corrected chi connectivity index (χ1v) is 5.84. The molecule has 0 aliphatic carbocycles. The molecule has 0 heterocycles. The molecule has 86 valence electrons. The molecular formula is C16H16O. The highest BCUT2D eigenvalue weighted by molar-refractivity contribution is 5.94. The largest absolute Gasteiger partial charge is 0.295 e. The lowest BCUT2D eigenvalue weighted by Gasteiger charge is -2.12. The summed E-state index contributed by atoms with van der Waals surface area (Å²) in [5.74, 6) is 0.473. The second-order valence-electron chi connectivity index (χ2n) is 4.31. The summed E-state index contributed by atoms with van der Waals surface area (Å²) in [5, 5.41) is 0. The SMILES string of the molecule is CC(=O)c1ccc([C@@H](C)c2ccccc2)cc1. The summed E-state index contributed by atoms with van der Waals surface area (Å²) in [6, 6.07) is 18.3. The van der Waals surface area contributed by atoms with Gasteiger partial charge in [-0.05, 0) is 18.1 Å². The lowest BCUT2D eigenvalue weighted by atomic mass is 9.92. The molecule has 0 fully saturated rings. The summed E-state index contributed by atoms with van der Waals surface area (Å²) in [4.78, 5) is 11.2. The zero-order valence-corrected chi connectivity index (χ0v) is 10.2. The van der Waals surface area contributed by atoms with Gasteiger partial charge in [0.15, 0.2) is 5.78 Å². The van der Waals surface area contributed by atoms with Crippen LogP contribution in [0.2, 0.25) is 0 Å². The van der Waals surface area contributed by atoms with Gasteiger partial charge in [0.25, 0.3) is 0 Å². The van der Waals surface area contributed by atoms with Crippen molar-refractivity contribution in [3.05, 3.63) is 71.3 Å². The van der Waals surface area contributed by atoms with Gasteiger partial charge in [0.1, 0.15) is 0 Å². The number of carbonyl (C=O) groups is 1. The van der Waals surface area contributed by atoms with Crippen molar-refractivity contribution in [1.29, 1.82) is 0 Å². The molecule has 0 aliphatic rings. The van der Waals surface area contributed by atoms with Crippen molar-refractivity contribution in [2.45, 2.75) is 19.8 Å². The maximum atomic E-state index is 11.2. The van der Waals surface area contributed by atoms with Gasteiger partial charge in [0.2, 0.25) is 0 Å². The highest BCUT2D eigenvalue weighted by atomic mass is 16.1. The third kappa shape index (κ3) is 2.62. The molecule has 0 spiro atoms. The van der Waals surface area contributed by atoms with E-state index in [9.17, 15) is 4.79 Å². The Hall–Kier alpha value is -1.89. The smallest absolute Gasteiger partial charge is 0.159 e. The lowest BCUT2D eigenvalue weighted by Crippen LogP contribution is -1.97. The van der Waals surface area contributed by atoms with E-state index in [1.165, 1.54) is 11.1 Å². The lowest BCUT2D eigenvalue weighted by molar-refractivity contribution is 0.101. The third-order valence-corrected chi connectivity index (χ3v) is 3.12. The van der Waals surface area contributed by atoms with E-state index >= 15 is 0 Å².